The smallest absolute Gasteiger partial charge is 0.246 e. The Morgan fingerprint density at radius 3 is 2.46 bits per heavy atom. The number of benzene rings is 2. The second kappa shape index (κ2) is 9.76. The van der Waals surface area contributed by atoms with E-state index in [9.17, 15) is 9.59 Å². The lowest BCUT2D eigenvalue weighted by molar-refractivity contribution is -0.132. The van der Waals surface area contributed by atoms with Gasteiger partial charge in [0.05, 0.1) is 10.0 Å². The predicted octanol–water partition coefficient (Wildman–Crippen LogP) is 4.56. The molecule has 4 nitrogen and oxygen atoms in total. The highest BCUT2D eigenvalue weighted by atomic mass is 35.5. The van der Waals surface area contributed by atoms with Crippen LogP contribution in [0.4, 0.5) is 0 Å². The summed E-state index contributed by atoms with van der Waals surface area (Å²) in [4.78, 5) is 26.5. The van der Waals surface area contributed by atoms with E-state index in [1.165, 1.54) is 6.08 Å². The van der Waals surface area contributed by atoms with Crippen LogP contribution in [-0.2, 0) is 16.1 Å². The number of hydrogen-bond donors (Lipinski definition) is 1. The van der Waals surface area contributed by atoms with Gasteiger partial charge in [0.1, 0.15) is 0 Å². The lowest BCUT2D eigenvalue weighted by Gasteiger charge is -2.30. The van der Waals surface area contributed by atoms with E-state index in [1.54, 1.807) is 29.2 Å². The molecule has 2 aromatic rings. The van der Waals surface area contributed by atoms with Crippen molar-refractivity contribution in [2.75, 3.05) is 13.1 Å². The van der Waals surface area contributed by atoms with E-state index in [0.29, 0.717) is 48.1 Å². The monoisotopic (exact) mass is 416 g/mol. The van der Waals surface area contributed by atoms with Crippen LogP contribution in [0.1, 0.15) is 24.0 Å². The summed E-state index contributed by atoms with van der Waals surface area (Å²) in [5, 5.41) is 3.88. The molecule has 1 saturated heterocycles. The molecule has 1 aliphatic rings. The number of likely N-dealkylation sites (tertiary alicyclic amines) is 1. The van der Waals surface area contributed by atoms with Crippen LogP contribution in [-0.4, -0.2) is 29.8 Å². The fourth-order valence-electron chi connectivity index (χ4n) is 3.21. The zero-order chi connectivity index (χ0) is 19.9. The van der Waals surface area contributed by atoms with Crippen molar-refractivity contribution in [1.29, 1.82) is 0 Å². The second-order valence-electron chi connectivity index (χ2n) is 6.78. The summed E-state index contributed by atoms with van der Waals surface area (Å²) < 4.78 is 0. The van der Waals surface area contributed by atoms with Gasteiger partial charge in [-0.25, -0.2) is 0 Å². The number of halogens is 2. The Hall–Kier alpha value is -2.30. The Kier molecular flexibility index (Phi) is 7.12. The molecule has 0 spiro atoms. The Morgan fingerprint density at radius 1 is 1.04 bits per heavy atom. The predicted molar refractivity (Wildman–Crippen MR) is 113 cm³/mol. The molecule has 1 heterocycles. The quantitative estimate of drug-likeness (QED) is 0.726. The van der Waals surface area contributed by atoms with Crippen LogP contribution in [0.2, 0.25) is 10.0 Å². The van der Waals surface area contributed by atoms with Gasteiger partial charge in [-0.15, -0.1) is 0 Å². The highest BCUT2D eigenvalue weighted by Crippen LogP contribution is 2.26. The van der Waals surface area contributed by atoms with E-state index in [2.05, 4.69) is 5.32 Å². The van der Waals surface area contributed by atoms with Gasteiger partial charge in [-0.05, 0) is 36.1 Å². The molecule has 0 radical (unpaired) electrons. The minimum atomic E-state index is -0.0841. The molecule has 0 aromatic heterocycles. The van der Waals surface area contributed by atoms with Gasteiger partial charge in [0.15, 0.2) is 0 Å². The van der Waals surface area contributed by atoms with E-state index in [4.69, 9.17) is 23.2 Å². The Bertz CT molecular complexity index is 860. The number of nitrogens with one attached hydrogen (secondary N) is 1. The fraction of sp³-hybridized carbons (Fsp3) is 0.273. The number of carbonyl (C=O) groups is 2. The lowest BCUT2D eigenvalue weighted by Crippen LogP contribution is -2.42. The summed E-state index contributed by atoms with van der Waals surface area (Å²) in [6.07, 6.45) is 4.51. The highest BCUT2D eigenvalue weighted by molar-refractivity contribution is 6.42. The van der Waals surface area contributed by atoms with E-state index in [1.807, 2.05) is 30.3 Å². The molecule has 28 heavy (non-hydrogen) atoms. The van der Waals surface area contributed by atoms with E-state index in [-0.39, 0.29) is 17.7 Å². The van der Waals surface area contributed by atoms with Crippen LogP contribution in [0.25, 0.3) is 6.08 Å². The molecule has 2 amide bonds. The van der Waals surface area contributed by atoms with Gasteiger partial charge in [0, 0.05) is 31.6 Å². The third-order valence-corrected chi connectivity index (χ3v) is 5.71. The summed E-state index contributed by atoms with van der Waals surface area (Å²) >= 11 is 12.1. The molecule has 0 unspecified atom stereocenters. The molecule has 6 heteroatoms. The van der Waals surface area contributed by atoms with Gasteiger partial charge in [0.2, 0.25) is 11.8 Å². The molecule has 2 aromatic carbocycles. The first-order valence-electron chi connectivity index (χ1n) is 9.27. The Labute approximate surface area is 175 Å². The summed E-state index contributed by atoms with van der Waals surface area (Å²) in [5.74, 6) is -0.0875. The zero-order valence-electron chi connectivity index (χ0n) is 15.4. The molecule has 3 rings (SSSR count). The summed E-state index contributed by atoms with van der Waals surface area (Å²) in [6.45, 7) is 1.66. The first-order chi connectivity index (χ1) is 13.5. The van der Waals surface area contributed by atoms with Gasteiger partial charge < -0.3 is 10.2 Å². The van der Waals surface area contributed by atoms with Crippen molar-refractivity contribution in [1.82, 2.24) is 10.2 Å². The first-order valence-corrected chi connectivity index (χ1v) is 10.0. The van der Waals surface area contributed by atoms with Crippen LogP contribution in [0, 0.1) is 5.92 Å². The third kappa shape index (κ3) is 5.37. The van der Waals surface area contributed by atoms with Crippen LogP contribution in [0.3, 0.4) is 0 Å². The topological polar surface area (TPSA) is 49.4 Å². The molecule has 146 valence electrons. The average molecular weight is 417 g/mol. The normalized spacial score (nSPS) is 15.0. The molecule has 1 fully saturated rings. The molecule has 0 aliphatic carbocycles. The molecule has 0 atom stereocenters. The van der Waals surface area contributed by atoms with Gasteiger partial charge in [0.25, 0.3) is 0 Å². The van der Waals surface area contributed by atoms with Crippen molar-refractivity contribution in [3.05, 3.63) is 75.8 Å². The maximum atomic E-state index is 12.4. The number of nitrogens with zero attached hydrogens (tertiary/aromatic N) is 1. The van der Waals surface area contributed by atoms with Crippen LogP contribution >= 0.6 is 23.2 Å². The number of carbonyl (C=O) groups excluding carboxylic acids is 2. The van der Waals surface area contributed by atoms with Crippen LogP contribution < -0.4 is 5.32 Å². The highest BCUT2D eigenvalue weighted by Gasteiger charge is 2.26. The summed E-state index contributed by atoms with van der Waals surface area (Å²) in [7, 11) is 0. The summed E-state index contributed by atoms with van der Waals surface area (Å²) in [5.41, 5.74) is 1.78. The van der Waals surface area contributed by atoms with Gasteiger partial charge in [-0.3, -0.25) is 9.59 Å². The van der Waals surface area contributed by atoms with E-state index < -0.39 is 0 Å². The van der Waals surface area contributed by atoms with Crippen molar-refractivity contribution < 1.29 is 9.59 Å². The largest absolute Gasteiger partial charge is 0.352 e. The first kappa shape index (κ1) is 20.4. The minimum absolute atomic E-state index is 0.0530. The molecular weight excluding hydrogens is 395 g/mol. The maximum Gasteiger partial charge on any atom is 0.246 e. The molecule has 0 saturated carbocycles. The van der Waals surface area contributed by atoms with Gasteiger partial charge >= 0.3 is 0 Å². The molecular formula is C22H22Cl2N2O2. The van der Waals surface area contributed by atoms with Gasteiger partial charge in [-0.2, -0.15) is 0 Å². The van der Waals surface area contributed by atoms with Crippen molar-refractivity contribution in [3.63, 3.8) is 0 Å². The number of amides is 2. The average Bonchev–Trinajstić information content (AvgIpc) is 2.73. The van der Waals surface area contributed by atoms with E-state index >= 15 is 0 Å². The number of hydrogen-bond acceptors (Lipinski definition) is 2. The fourth-order valence-corrected chi connectivity index (χ4v) is 3.58. The standard InChI is InChI=1S/C22H22Cl2N2O2/c23-19-8-4-7-17(21(19)24)9-10-20(27)26-13-11-18(12-14-26)22(28)25-15-16-5-2-1-3-6-16/h1-10,18H,11-15H2,(H,25,28)/b10-9+. The summed E-state index contributed by atoms with van der Waals surface area (Å²) in [6, 6.07) is 15.1. The number of piperidine rings is 1. The van der Waals surface area contributed by atoms with Crippen molar-refractivity contribution in [3.8, 4) is 0 Å². The third-order valence-electron chi connectivity index (χ3n) is 4.87. The van der Waals surface area contributed by atoms with Crippen molar-refractivity contribution in [2.45, 2.75) is 19.4 Å². The van der Waals surface area contributed by atoms with Crippen LogP contribution in [0.5, 0.6) is 0 Å². The Balaban J connectivity index is 1.47. The second-order valence-corrected chi connectivity index (χ2v) is 7.56. The zero-order valence-corrected chi connectivity index (χ0v) is 16.9. The molecule has 0 bridgehead atoms. The molecule has 1 aliphatic heterocycles. The molecule has 1 N–H and O–H groups in total. The minimum Gasteiger partial charge on any atom is -0.352 e. The van der Waals surface area contributed by atoms with Crippen LogP contribution in [0.15, 0.2) is 54.6 Å². The van der Waals surface area contributed by atoms with E-state index in [0.717, 1.165) is 5.56 Å². The van der Waals surface area contributed by atoms with Crippen molar-refractivity contribution >= 4 is 41.1 Å². The van der Waals surface area contributed by atoms with Gasteiger partial charge in [-0.1, -0.05) is 65.7 Å². The SMILES string of the molecule is O=C(NCc1ccccc1)C1CCN(C(=O)/C=C/c2cccc(Cl)c2Cl)CC1. The van der Waals surface area contributed by atoms with Crippen molar-refractivity contribution in [2.24, 2.45) is 5.92 Å². The lowest BCUT2D eigenvalue weighted by atomic mass is 9.95. The Morgan fingerprint density at radius 2 is 1.75 bits per heavy atom. The maximum absolute atomic E-state index is 12.4. The number of rotatable bonds is 5.